The van der Waals surface area contributed by atoms with Gasteiger partial charge in [-0.15, -0.1) is 0 Å². The lowest BCUT2D eigenvalue weighted by molar-refractivity contribution is 0.0937. The summed E-state index contributed by atoms with van der Waals surface area (Å²) in [6.07, 6.45) is 4.51. The highest BCUT2D eigenvalue weighted by atomic mass is 16.2. The maximum Gasteiger partial charge on any atom is 0.252 e. The number of benzene rings is 1. The first kappa shape index (κ1) is 13.6. The summed E-state index contributed by atoms with van der Waals surface area (Å²) < 4.78 is 0. The van der Waals surface area contributed by atoms with E-state index in [0.717, 1.165) is 18.4 Å². The van der Waals surface area contributed by atoms with Gasteiger partial charge in [0.2, 0.25) is 0 Å². The maximum absolute atomic E-state index is 12.3. The molecule has 0 atom stereocenters. The van der Waals surface area contributed by atoms with E-state index < -0.39 is 0 Å². The zero-order valence-electron chi connectivity index (χ0n) is 11.2. The molecule has 0 aromatic heterocycles. The van der Waals surface area contributed by atoms with E-state index in [1.165, 1.54) is 12.8 Å². The summed E-state index contributed by atoms with van der Waals surface area (Å²) in [5, 5.41) is 11.8. The smallest absolute Gasteiger partial charge is 0.252 e. The number of rotatable bonds is 2. The predicted molar refractivity (Wildman–Crippen MR) is 74.9 cm³/mol. The minimum atomic E-state index is -0.197. The van der Waals surface area contributed by atoms with E-state index in [1.54, 1.807) is 6.07 Å². The molecule has 100 valence electrons. The molecule has 3 nitrogen and oxygen atoms in total. The Balaban J connectivity index is 2.19. The van der Waals surface area contributed by atoms with Crippen LogP contribution in [0.15, 0.2) is 18.2 Å². The number of hydrogen-bond acceptors (Lipinski definition) is 2. The number of carbonyl (C=O) groups excluding carboxylic acids is 1. The second-order valence-electron chi connectivity index (χ2n) is 4.96. The molecule has 1 aromatic carbocycles. The molecular formula is C16H19NO2. The van der Waals surface area contributed by atoms with Gasteiger partial charge in [-0.1, -0.05) is 30.7 Å². The molecule has 1 saturated carbocycles. The van der Waals surface area contributed by atoms with E-state index in [1.807, 2.05) is 19.1 Å². The topological polar surface area (TPSA) is 49.3 Å². The standard InChI is InChI=1S/C16H19NO2/c1-12-8-9-15(13(11-12)5-4-10-18)16(19)17-14-6-2-3-7-14/h8-9,11,14,18H,2-3,6-7,10H2,1H3,(H,17,19). The van der Waals surface area contributed by atoms with Crippen molar-refractivity contribution < 1.29 is 9.90 Å². The van der Waals surface area contributed by atoms with Crippen LogP contribution in [0, 0.1) is 18.8 Å². The summed E-state index contributed by atoms with van der Waals surface area (Å²) in [4.78, 5) is 12.3. The molecule has 1 aliphatic rings. The molecule has 0 saturated heterocycles. The van der Waals surface area contributed by atoms with Crippen molar-refractivity contribution in [2.45, 2.75) is 38.6 Å². The molecule has 0 unspecified atom stereocenters. The van der Waals surface area contributed by atoms with Gasteiger partial charge in [0.15, 0.2) is 0 Å². The Morgan fingerprint density at radius 2 is 2.16 bits per heavy atom. The molecular weight excluding hydrogens is 238 g/mol. The Hall–Kier alpha value is -1.79. The first-order valence-corrected chi connectivity index (χ1v) is 6.72. The third kappa shape index (κ3) is 3.59. The van der Waals surface area contributed by atoms with Crippen LogP contribution in [0.2, 0.25) is 0 Å². The molecule has 0 aliphatic heterocycles. The van der Waals surface area contributed by atoms with Gasteiger partial charge in [-0.25, -0.2) is 0 Å². The van der Waals surface area contributed by atoms with Crippen molar-refractivity contribution >= 4 is 5.91 Å². The lowest BCUT2D eigenvalue weighted by Crippen LogP contribution is -2.33. The van der Waals surface area contributed by atoms with Crippen molar-refractivity contribution in [3.8, 4) is 11.8 Å². The molecule has 0 heterocycles. The Labute approximate surface area is 114 Å². The van der Waals surface area contributed by atoms with Crippen LogP contribution < -0.4 is 5.32 Å². The van der Waals surface area contributed by atoms with E-state index in [2.05, 4.69) is 17.2 Å². The molecule has 2 N–H and O–H groups in total. The Kier molecular flexibility index (Phi) is 4.59. The zero-order valence-corrected chi connectivity index (χ0v) is 11.2. The summed E-state index contributed by atoms with van der Waals surface area (Å²) in [5.74, 6) is 5.39. The van der Waals surface area contributed by atoms with Crippen LogP contribution in [0.25, 0.3) is 0 Å². The highest BCUT2D eigenvalue weighted by Gasteiger charge is 2.19. The van der Waals surface area contributed by atoms with Crippen molar-refractivity contribution in [1.82, 2.24) is 5.32 Å². The summed E-state index contributed by atoms with van der Waals surface area (Å²) in [6, 6.07) is 5.90. The van der Waals surface area contributed by atoms with Crippen LogP contribution in [0.4, 0.5) is 0 Å². The quantitative estimate of drug-likeness (QED) is 0.796. The van der Waals surface area contributed by atoms with Crippen molar-refractivity contribution in [2.24, 2.45) is 0 Å². The second kappa shape index (κ2) is 6.40. The molecule has 1 fully saturated rings. The zero-order chi connectivity index (χ0) is 13.7. The van der Waals surface area contributed by atoms with Crippen molar-refractivity contribution in [1.29, 1.82) is 0 Å². The van der Waals surface area contributed by atoms with Gasteiger partial charge in [0.05, 0.1) is 5.56 Å². The third-order valence-corrected chi connectivity index (χ3v) is 3.41. The fraction of sp³-hybridized carbons (Fsp3) is 0.438. The number of carbonyl (C=O) groups is 1. The van der Waals surface area contributed by atoms with Crippen LogP contribution in [-0.2, 0) is 0 Å². The molecule has 0 radical (unpaired) electrons. The Morgan fingerprint density at radius 3 is 2.84 bits per heavy atom. The highest BCUT2D eigenvalue weighted by molar-refractivity contribution is 5.97. The minimum Gasteiger partial charge on any atom is -0.384 e. The molecule has 0 bridgehead atoms. The SMILES string of the molecule is Cc1ccc(C(=O)NC2CCCC2)c(C#CCO)c1. The van der Waals surface area contributed by atoms with E-state index in [0.29, 0.717) is 17.2 Å². The van der Waals surface area contributed by atoms with E-state index in [4.69, 9.17) is 5.11 Å². The predicted octanol–water partition coefficient (Wildman–Crippen LogP) is 2.01. The monoisotopic (exact) mass is 257 g/mol. The summed E-state index contributed by atoms with van der Waals surface area (Å²) in [5.41, 5.74) is 2.34. The molecule has 1 aliphatic carbocycles. The Bertz CT molecular complexity index is 519. The molecule has 1 aromatic rings. The van der Waals surface area contributed by atoms with Crippen molar-refractivity contribution in [3.05, 3.63) is 34.9 Å². The van der Waals surface area contributed by atoms with Gasteiger partial charge < -0.3 is 10.4 Å². The van der Waals surface area contributed by atoms with Crippen molar-refractivity contribution in [2.75, 3.05) is 6.61 Å². The number of amides is 1. The van der Waals surface area contributed by atoms with Gasteiger partial charge in [-0.2, -0.15) is 0 Å². The fourth-order valence-corrected chi connectivity index (χ4v) is 2.43. The first-order valence-electron chi connectivity index (χ1n) is 6.72. The van der Waals surface area contributed by atoms with E-state index in [9.17, 15) is 4.79 Å². The summed E-state index contributed by atoms with van der Waals surface area (Å²) in [6.45, 7) is 1.76. The maximum atomic E-state index is 12.3. The van der Waals surface area contributed by atoms with Crippen LogP contribution in [0.1, 0.15) is 47.2 Å². The average molecular weight is 257 g/mol. The van der Waals surface area contributed by atoms with Crippen LogP contribution in [0.5, 0.6) is 0 Å². The number of nitrogens with one attached hydrogen (secondary N) is 1. The molecule has 2 rings (SSSR count). The molecule has 1 amide bonds. The number of aliphatic hydroxyl groups excluding tert-OH is 1. The van der Waals surface area contributed by atoms with Gasteiger partial charge in [0.1, 0.15) is 6.61 Å². The largest absolute Gasteiger partial charge is 0.384 e. The third-order valence-electron chi connectivity index (χ3n) is 3.41. The molecule has 0 spiro atoms. The van der Waals surface area contributed by atoms with Gasteiger partial charge in [-0.05, 0) is 37.5 Å². The lowest BCUT2D eigenvalue weighted by Gasteiger charge is -2.13. The number of aliphatic hydroxyl groups is 1. The molecule has 19 heavy (non-hydrogen) atoms. The minimum absolute atomic E-state index is 0.0610. The van der Waals surface area contributed by atoms with Gasteiger partial charge in [0.25, 0.3) is 5.91 Å². The lowest BCUT2D eigenvalue weighted by atomic mass is 10.0. The van der Waals surface area contributed by atoms with Gasteiger partial charge in [-0.3, -0.25) is 4.79 Å². The van der Waals surface area contributed by atoms with Crippen LogP contribution in [0.3, 0.4) is 0 Å². The first-order chi connectivity index (χ1) is 9.20. The fourth-order valence-electron chi connectivity index (χ4n) is 2.43. The summed E-state index contributed by atoms with van der Waals surface area (Å²) in [7, 11) is 0. The van der Waals surface area contributed by atoms with Crippen LogP contribution in [-0.4, -0.2) is 23.7 Å². The average Bonchev–Trinajstić information content (AvgIpc) is 2.89. The van der Waals surface area contributed by atoms with Crippen molar-refractivity contribution in [3.63, 3.8) is 0 Å². The number of aryl methyl sites for hydroxylation is 1. The Morgan fingerprint density at radius 1 is 1.42 bits per heavy atom. The molecule has 3 heteroatoms. The van der Waals surface area contributed by atoms with E-state index in [-0.39, 0.29) is 12.5 Å². The normalized spacial score (nSPS) is 14.8. The van der Waals surface area contributed by atoms with Gasteiger partial charge >= 0.3 is 0 Å². The second-order valence-corrected chi connectivity index (χ2v) is 4.96. The van der Waals surface area contributed by atoms with E-state index >= 15 is 0 Å². The highest BCUT2D eigenvalue weighted by Crippen LogP contribution is 2.19. The van der Waals surface area contributed by atoms with Gasteiger partial charge in [0, 0.05) is 11.6 Å². The summed E-state index contributed by atoms with van der Waals surface area (Å²) >= 11 is 0. The number of hydrogen-bond donors (Lipinski definition) is 2. The van der Waals surface area contributed by atoms with Crippen LogP contribution >= 0.6 is 0 Å².